The molecule has 4 rings (SSSR count). The molecule has 0 saturated heterocycles. The summed E-state index contributed by atoms with van der Waals surface area (Å²) in [5.74, 6) is 3.41. The summed E-state index contributed by atoms with van der Waals surface area (Å²) in [6.45, 7) is 9.69. The van der Waals surface area contributed by atoms with Crippen LogP contribution in [0.15, 0.2) is 0 Å². The van der Waals surface area contributed by atoms with E-state index in [0.29, 0.717) is 53.3 Å². The summed E-state index contributed by atoms with van der Waals surface area (Å²) in [5.41, 5.74) is 0.716. The fourth-order valence-electron chi connectivity index (χ4n) is 9.57. The molecule has 0 spiro atoms. The number of aliphatic hydroxyl groups is 1. The molecule has 4 aliphatic carbocycles. The zero-order valence-electron chi connectivity index (χ0n) is 19.2. The maximum Gasteiger partial charge on any atom is 0.303 e. The predicted octanol–water partition coefficient (Wildman–Crippen LogP) is 6.14. The molecule has 0 radical (unpaired) electrons. The average Bonchev–Trinajstić information content (AvgIpc) is 3.04. The molecule has 0 aromatic heterocycles. The van der Waals surface area contributed by atoms with E-state index in [-0.39, 0.29) is 11.5 Å². The third-order valence-electron chi connectivity index (χ3n) is 10.9. The fourth-order valence-corrected chi connectivity index (χ4v) is 9.57. The van der Waals surface area contributed by atoms with Crippen LogP contribution in [0.3, 0.4) is 0 Å². The highest BCUT2D eigenvalue weighted by molar-refractivity contribution is 5.66. The number of carboxylic acid groups (broad SMARTS) is 1. The topological polar surface area (TPSA) is 57.5 Å². The molecular weight excluding hydrogens is 360 g/mol. The van der Waals surface area contributed by atoms with Gasteiger partial charge in [0, 0.05) is 6.42 Å². The quantitative estimate of drug-likeness (QED) is 0.578. The second kappa shape index (κ2) is 7.84. The minimum atomic E-state index is -0.662. The predicted molar refractivity (Wildman–Crippen MR) is 116 cm³/mol. The third-order valence-corrected chi connectivity index (χ3v) is 10.9. The second-order valence-corrected chi connectivity index (χ2v) is 11.8. The molecule has 2 N–H and O–H groups in total. The minimum absolute atomic E-state index is 0.126. The summed E-state index contributed by atoms with van der Waals surface area (Å²) < 4.78 is 0. The molecule has 3 nitrogen and oxygen atoms in total. The maximum absolute atomic E-state index is 11.7. The van der Waals surface area contributed by atoms with Crippen molar-refractivity contribution in [3.8, 4) is 0 Å². The number of aliphatic hydroxyl groups excluding tert-OH is 1. The number of hydrogen-bond acceptors (Lipinski definition) is 2. The number of aliphatic carboxylic acids is 1. The van der Waals surface area contributed by atoms with Crippen LogP contribution in [0.25, 0.3) is 0 Å². The summed E-state index contributed by atoms with van der Waals surface area (Å²) in [4.78, 5) is 11.1. The number of hydrogen-bond donors (Lipinski definition) is 2. The van der Waals surface area contributed by atoms with Gasteiger partial charge in [0.05, 0.1) is 6.10 Å². The van der Waals surface area contributed by atoms with Crippen LogP contribution >= 0.6 is 0 Å². The first-order chi connectivity index (χ1) is 13.7. The van der Waals surface area contributed by atoms with E-state index in [1.54, 1.807) is 0 Å². The highest BCUT2D eigenvalue weighted by Crippen LogP contribution is 2.69. The van der Waals surface area contributed by atoms with Crippen LogP contribution < -0.4 is 0 Å². The molecule has 0 bridgehead atoms. The van der Waals surface area contributed by atoms with E-state index >= 15 is 0 Å². The first-order valence-electron chi connectivity index (χ1n) is 12.6. The van der Waals surface area contributed by atoms with Gasteiger partial charge in [-0.05, 0) is 97.2 Å². The molecule has 0 aromatic rings. The van der Waals surface area contributed by atoms with Crippen LogP contribution in [-0.2, 0) is 4.79 Å². The lowest BCUT2D eigenvalue weighted by molar-refractivity contribution is -0.194. The lowest BCUT2D eigenvalue weighted by atomic mass is 9.41. The summed E-state index contributed by atoms with van der Waals surface area (Å²) in [7, 11) is 0. The fraction of sp³-hybridized carbons (Fsp3) is 0.962. The highest BCUT2D eigenvalue weighted by atomic mass is 16.4. The average molecular weight is 405 g/mol. The van der Waals surface area contributed by atoms with Crippen molar-refractivity contribution in [1.29, 1.82) is 0 Å². The maximum atomic E-state index is 11.7. The first-order valence-corrected chi connectivity index (χ1v) is 12.6. The number of carbonyl (C=O) groups is 1. The van der Waals surface area contributed by atoms with E-state index < -0.39 is 5.97 Å². The van der Waals surface area contributed by atoms with E-state index in [1.807, 2.05) is 0 Å². The van der Waals surface area contributed by atoms with Gasteiger partial charge in [-0.3, -0.25) is 4.79 Å². The van der Waals surface area contributed by atoms with Crippen molar-refractivity contribution < 1.29 is 15.0 Å². The van der Waals surface area contributed by atoms with Crippen molar-refractivity contribution in [3.63, 3.8) is 0 Å². The summed E-state index contributed by atoms with van der Waals surface area (Å²) >= 11 is 0. The Labute approximate surface area is 178 Å². The standard InChI is InChI=1S/C26H44O3/c1-5-17-19-8-6-7-14-25(19,3)21-13-15-26(4)18(16(2)9-12-22(27)28)10-11-20(26)23(21)24(17)29/h16-21,23-24,29H,5-15H2,1-4H3,(H,27,28)/t16-,17-,18-,19+,20+,21+,23+,24-,25+,26-/m1/s1. The Bertz CT molecular complexity index is 617. The molecule has 0 aromatic carbocycles. The van der Waals surface area contributed by atoms with Crippen LogP contribution in [0.1, 0.15) is 98.3 Å². The van der Waals surface area contributed by atoms with Gasteiger partial charge in [0.2, 0.25) is 0 Å². The van der Waals surface area contributed by atoms with E-state index in [1.165, 1.54) is 51.4 Å². The van der Waals surface area contributed by atoms with Crippen molar-refractivity contribution in [2.45, 2.75) is 104 Å². The summed E-state index contributed by atoms with van der Waals surface area (Å²) in [6.07, 6.45) is 12.5. The monoisotopic (exact) mass is 404 g/mol. The molecule has 4 saturated carbocycles. The summed E-state index contributed by atoms with van der Waals surface area (Å²) in [6, 6.07) is 0. The SMILES string of the molecule is CC[C@H]1[C@@H](O)[C@@H]2[C@H](CC[C@]3(C)[C@@H]([C@H](C)CCC(=O)O)CC[C@@H]23)[C@@]2(C)CCCC[C@@H]12. The lowest BCUT2D eigenvalue weighted by Crippen LogP contribution is -2.61. The normalized spacial score (nSPS) is 50.3. The largest absolute Gasteiger partial charge is 0.481 e. The molecule has 0 amide bonds. The molecule has 0 aliphatic heterocycles. The van der Waals surface area contributed by atoms with Gasteiger partial charge in [-0.2, -0.15) is 0 Å². The zero-order chi connectivity index (χ0) is 21.0. The van der Waals surface area contributed by atoms with E-state index in [4.69, 9.17) is 5.11 Å². The number of carboxylic acids is 1. The number of fused-ring (bicyclic) bond motifs is 5. The van der Waals surface area contributed by atoms with Crippen molar-refractivity contribution in [1.82, 2.24) is 0 Å². The van der Waals surface area contributed by atoms with E-state index in [0.717, 1.165) is 12.8 Å². The molecule has 166 valence electrons. The minimum Gasteiger partial charge on any atom is -0.481 e. The van der Waals surface area contributed by atoms with E-state index in [2.05, 4.69) is 27.7 Å². The van der Waals surface area contributed by atoms with E-state index in [9.17, 15) is 9.90 Å². The van der Waals surface area contributed by atoms with Crippen molar-refractivity contribution in [2.24, 2.45) is 52.3 Å². The van der Waals surface area contributed by atoms with Gasteiger partial charge in [0.15, 0.2) is 0 Å². The second-order valence-electron chi connectivity index (χ2n) is 11.8. The third kappa shape index (κ3) is 3.29. The smallest absolute Gasteiger partial charge is 0.303 e. The number of rotatable bonds is 5. The van der Waals surface area contributed by atoms with Gasteiger partial charge in [-0.15, -0.1) is 0 Å². The van der Waals surface area contributed by atoms with Crippen LogP contribution in [0.5, 0.6) is 0 Å². The molecule has 3 heteroatoms. The molecule has 0 unspecified atom stereocenters. The van der Waals surface area contributed by atoms with Gasteiger partial charge in [-0.1, -0.05) is 47.0 Å². The molecule has 4 fully saturated rings. The Morgan fingerprint density at radius 1 is 1.00 bits per heavy atom. The molecule has 4 aliphatic rings. The van der Waals surface area contributed by atoms with Crippen molar-refractivity contribution in [2.75, 3.05) is 0 Å². The Kier molecular flexibility index (Phi) is 5.86. The Balaban J connectivity index is 1.61. The van der Waals surface area contributed by atoms with Crippen molar-refractivity contribution >= 4 is 5.97 Å². The Morgan fingerprint density at radius 2 is 1.72 bits per heavy atom. The zero-order valence-corrected chi connectivity index (χ0v) is 19.2. The highest BCUT2D eigenvalue weighted by Gasteiger charge is 2.64. The van der Waals surface area contributed by atoms with Crippen molar-refractivity contribution in [3.05, 3.63) is 0 Å². The molecular formula is C26H44O3. The Morgan fingerprint density at radius 3 is 2.41 bits per heavy atom. The van der Waals surface area contributed by atoms with Gasteiger partial charge in [0.1, 0.15) is 0 Å². The first kappa shape index (κ1) is 21.7. The van der Waals surface area contributed by atoms with Gasteiger partial charge < -0.3 is 10.2 Å². The van der Waals surface area contributed by atoms with Crippen LogP contribution in [-0.4, -0.2) is 22.3 Å². The Hall–Kier alpha value is -0.570. The van der Waals surface area contributed by atoms with Crippen LogP contribution in [0.4, 0.5) is 0 Å². The molecule has 10 atom stereocenters. The lowest BCUT2D eigenvalue weighted by Gasteiger charge is -2.64. The summed E-state index contributed by atoms with van der Waals surface area (Å²) in [5, 5.41) is 20.9. The molecule has 0 heterocycles. The van der Waals surface area contributed by atoms with Crippen LogP contribution in [0.2, 0.25) is 0 Å². The van der Waals surface area contributed by atoms with Gasteiger partial charge in [-0.25, -0.2) is 0 Å². The molecule has 29 heavy (non-hydrogen) atoms. The van der Waals surface area contributed by atoms with Gasteiger partial charge >= 0.3 is 5.97 Å². The van der Waals surface area contributed by atoms with Gasteiger partial charge in [0.25, 0.3) is 0 Å². The van der Waals surface area contributed by atoms with Crippen LogP contribution in [0, 0.1) is 52.3 Å².